The van der Waals surface area contributed by atoms with Crippen molar-refractivity contribution in [2.45, 2.75) is 52.8 Å². The summed E-state index contributed by atoms with van der Waals surface area (Å²) in [5.74, 6) is 0.126. The number of carbonyl (C=O) groups is 2. The zero-order valence-electron chi connectivity index (χ0n) is 14.2. The second kappa shape index (κ2) is 9.27. The summed E-state index contributed by atoms with van der Waals surface area (Å²) in [5.41, 5.74) is 0.929. The predicted octanol–water partition coefficient (Wildman–Crippen LogP) is 2.32. The van der Waals surface area contributed by atoms with Crippen molar-refractivity contribution < 1.29 is 19.4 Å². The zero-order chi connectivity index (χ0) is 17.4. The first kappa shape index (κ1) is 19.1. The van der Waals surface area contributed by atoms with Crippen LogP contribution in [0.5, 0.6) is 5.75 Å². The highest BCUT2D eigenvalue weighted by atomic mass is 16.5. The SMILES string of the molecule is CCCC(=O)Nc1ccc(OCC(O)NC(C)C)c(C(C)=O)c1. The van der Waals surface area contributed by atoms with Crippen molar-refractivity contribution in [1.82, 2.24) is 5.32 Å². The van der Waals surface area contributed by atoms with Gasteiger partial charge in [0, 0.05) is 18.2 Å². The topological polar surface area (TPSA) is 87.7 Å². The summed E-state index contributed by atoms with van der Waals surface area (Å²) in [7, 11) is 0. The fraction of sp³-hybridized carbons (Fsp3) is 0.529. The lowest BCUT2D eigenvalue weighted by Crippen LogP contribution is -2.38. The molecule has 0 bridgehead atoms. The third kappa shape index (κ3) is 6.80. The van der Waals surface area contributed by atoms with Gasteiger partial charge in [-0.1, -0.05) is 6.92 Å². The third-order valence-corrected chi connectivity index (χ3v) is 3.04. The summed E-state index contributed by atoms with van der Waals surface area (Å²) < 4.78 is 5.52. The first-order valence-corrected chi connectivity index (χ1v) is 7.85. The Morgan fingerprint density at radius 3 is 2.57 bits per heavy atom. The van der Waals surface area contributed by atoms with Gasteiger partial charge in [0.25, 0.3) is 0 Å². The van der Waals surface area contributed by atoms with E-state index in [1.807, 2.05) is 20.8 Å². The molecular weight excluding hydrogens is 296 g/mol. The van der Waals surface area contributed by atoms with Crippen LogP contribution >= 0.6 is 0 Å². The number of Topliss-reactive ketones (excluding diaryl/α,β-unsaturated/α-hetero) is 1. The van der Waals surface area contributed by atoms with Crippen LogP contribution in [0, 0.1) is 0 Å². The van der Waals surface area contributed by atoms with Crippen molar-refractivity contribution in [3.63, 3.8) is 0 Å². The van der Waals surface area contributed by atoms with E-state index in [4.69, 9.17) is 4.74 Å². The molecular formula is C17H26N2O4. The maximum absolute atomic E-state index is 11.8. The average molecular weight is 322 g/mol. The summed E-state index contributed by atoms with van der Waals surface area (Å²) in [6.45, 7) is 7.21. The minimum absolute atomic E-state index is 0.0278. The number of aliphatic hydroxyl groups excluding tert-OH is 1. The molecule has 0 aliphatic rings. The molecule has 1 aromatic carbocycles. The number of nitrogens with one attached hydrogen (secondary N) is 2. The van der Waals surface area contributed by atoms with Gasteiger partial charge < -0.3 is 15.2 Å². The molecule has 0 spiro atoms. The van der Waals surface area contributed by atoms with E-state index in [0.717, 1.165) is 6.42 Å². The van der Waals surface area contributed by atoms with Gasteiger partial charge >= 0.3 is 0 Å². The number of aliphatic hydroxyl groups is 1. The first-order valence-electron chi connectivity index (χ1n) is 7.85. The standard InChI is InChI=1S/C17H26N2O4/c1-5-6-16(21)19-13-7-8-15(14(9-13)12(4)20)23-10-17(22)18-11(2)3/h7-9,11,17-18,22H,5-6,10H2,1-4H3,(H,19,21). The van der Waals surface area contributed by atoms with E-state index in [1.54, 1.807) is 18.2 Å². The second-order valence-corrected chi connectivity index (χ2v) is 5.71. The van der Waals surface area contributed by atoms with Crippen LogP contribution in [0.2, 0.25) is 0 Å². The van der Waals surface area contributed by atoms with Crippen LogP contribution in [0.1, 0.15) is 50.9 Å². The number of hydrogen-bond donors (Lipinski definition) is 3. The number of amides is 1. The van der Waals surface area contributed by atoms with Crippen LogP contribution in [0.4, 0.5) is 5.69 Å². The molecule has 1 aromatic rings. The van der Waals surface area contributed by atoms with Crippen LogP contribution in [-0.4, -0.2) is 35.7 Å². The van der Waals surface area contributed by atoms with E-state index in [-0.39, 0.29) is 24.3 Å². The third-order valence-electron chi connectivity index (χ3n) is 3.04. The van der Waals surface area contributed by atoms with Gasteiger partial charge in [-0.25, -0.2) is 0 Å². The van der Waals surface area contributed by atoms with Crippen molar-refractivity contribution in [2.75, 3.05) is 11.9 Å². The highest BCUT2D eigenvalue weighted by Gasteiger charge is 2.13. The van der Waals surface area contributed by atoms with Gasteiger partial charge in [0.05, 0.1) is 5.56 Å². The molecule has 0 heterocycles. The van der Waals surface area contributed by atoms with Crippen molar-refractivity contribution in [3.8, 4) is 5.75 Å². The van der Waals surface area contributed by atoms with Gasteiger partial charge in [0.1, 0.15) is 18.6 Å². The summed E-state index contributed by atoms with van der Waals surface area (Å²) in [6, 6.07) is 5.02. The number of ether oxygens (including phenoxy) is 1. The van der Waals surface area contributed by atoms with Crippen molar-refractivity contribution in [3.05, 3.63) is 23.8 Å². The highest BCUT2D eigenvalue weighted by Crippen LogP contribution is 2.24. The normalized spacial score (nSPS) is 12.1. The average Bonchev–Trinajstić information content (AvgIpc) is 2.45. The van der Waals surface area contributed by atoms with E-state index in [1.165, 1.54) is 6.92 Å². The number of rotatable bonds is 9. The summed E-state index contributed by atoms with van der Waals surface area (Å²) in [4.78, 5) is 23.4. The van der Waals surface area contributed by atoms with E-state index >= 15 is 0 Å². The Balaban J connectivity index is 2.80. The molecule has 1 rings (SSSR count). The molecule has 0 saturated heterocycles. The number of ketones is 1. The Bertz CT molecular complexity index is 543. The molecule has 1 amide bonds. The number of carbonyl (C=O) groups excluding carboxylic acids is 2. The number of benzene rings is 1. The quantitative estimate of drug-likeness (QED) is 0.480. The maximum Gasteiger partial charge on any atom is 0.224 e. The van der Waals surface area contributed by atoms with Gasteiger partial charge in [0.2, 0.25) is 5.91 Å². The molecule has 6 nitrogen and oxygen atoms in total. The van der Waals surface area contributed by atoms with Crippen LogP contribution in [-0.2, 0) is 4.79 Å². The van der Waals surface area contributed by atoms with E-state index in [9.17, 15) is 14.7 Å². The molecule has 0 aromatic heterocycles. The number of anilines is 1. The van der Waals surface area contributed by atoms with Crippen LogP contribution < -0.4 is 15.4 Å². The Kier molecular flexibility index (Phi) is 7.71. The lowest BCUT2D eigenvalue weighted by atomic mass is 10.1. The molecule has 23 heavy (non-hydrogen) atoms. The van der Waals surface area contributed by atoms with E-state index < -0.39 is 6.23 Å². The highest BCUT2D eigenvalue weighted by molar-refractivity contribution is 5.99. The molecule has 1 atom stereocenters. The van der Waals surface area contributed by atoms with Gasteiger partial charge in [0.15, 0.2) is 5.78 Å². The first-order chi connectivity index (χ1) is 10.8. The Morgan fingerprint density at radius 2 is 2.00 bits per heavy atom. The van der Waals surface area contributed by atoms with Crippen molar-refractivity contribution >= 4 is 17.4 Å². The number of hydrogen-bond acceptors (Lipinski definition) is 5. The fourth-order valence-electron chi connectivity index (χ4n) is 2.06. The molecule has 0 radical (unpaired) electrons. The smallest absolute Gasteiger partial charge is 0.224 e. The van der Waals surface area contributed by atoms with E-state index in [2.05, 4.69) is 10.6 Å². The molecule has 128 valence electrons. The largest absolute Gasteiger partial charge is 0.489 e. The van der Waals surface area contributed by atoms with Crippen LogP contribution in [0.25, 0.3) is 0 Å². The van der Waals surface area contributed by atoms with Crippen molar-refractivity contribution in [1.29, 1.82) is 0 Å². The molecule has 0 aliphatic carbocycles. The monoisotopic (exact) mass is 322 g/mol. The molecule has 3 N–H and O–H groups in total. The molecule has 0 aliphatic heterocycles. The summed E-state index contributed by atoms with van der Waals surface area (Å²) in [5, 5.41) is 15.4. The minimum Gasteiger partial charge on any atom is -0.489 e. The zero-order valence-corrected chi connectivity index (χ0v) is 14.2. The summed E-state index contributed by atoms with van der Waals surface area (Å²) >= 11 is 0. The lowest BCUT2D eigenvalue weighted by Gasteiger charge is -2.18. The second-order valence-electron chi connectivity index (χ2n) is 5.71. The minimum atomic E-state index is -0.821. The van der Waals surface area contributed by atoms with Gasteiger partial charge in [-0.2, -0.15) is 0 Å². The molecule has 0 fully saturated rings. The molecule has 1 unspecified atom stereocenters. The van der Waals surface area contributed by atoms with Gasteiger partial charge in [-0.3, -0.25) is 14.9 Å². The van der Waals surface area contributed by atoms with Gasteiger partial charge in [-0.15, -0.1) is 0 Å². The molecule has 0 saturated carbocycles. The van der Waals surface area contributed by atoms with Crippen molar-refractivity contribution in [2.24, 2.45) is 0 Å². The fourth-order valence-corrected chi connectivity index (χ4v) is 2.06. The Labute approximate surface area is 137 Å². The van der Waals surface area contributed by atoms with E-state index in [0.29, 0.717) is 23.4 Å². The molecule has 6 heteroatoms. The lowest BCUT2D eigenvalue weighted by molar-refractivity contribution is -0.116. The van der Waals surface area contributed by atoms with Crippen LogP contribution in [0.15, 0.2) is 18.2 Å². The Hall–Kier alpha value is -1.92. The summed E-state index contributed by atoms with van der Waals surface area (Å²) in [6.07, 6.45) is 0.368. The Morgan fingerprint density at radius 1 is 1.30 bits per heavy atom. The van der Waals surface area contributed by atoms with Gasteiger partial charge in [-0.05, 0) is 45.4 Å². The van der Waals surface area contributed by atoms with Crippen LogP contribution in [0.3, 0.4) is 0 Å². The predicted molar refractivity (Wildman–Crippen MR) is 89.8 cm³/mol. The maximum atomic E-state index is 11.8.